The Bertz CT molecular complexity index is 651. The highest BCUT2D eigenvalue weighted by molar-refractivity contribution is 5.82. The molecule has 0 atom stereocenters. The van der Waals surface area contributed by atoms with Crippen LogP contribution in [0.5, 0.6) is 0 Å². The largest absolute Gasteiger partial charge is 0.159 e. The fraction of sp³-hybridized carbons (Fsp3) is 0.391. The Morgan fingerprint density at radius 2 is 1.12 bits per heavy atom. The molecule has 0 unspecified atom stereocenters. The Morgan fingerprint density at radius 3 is 1.60 bits per heavy atom. The van der Waals surface area contributed by atoms with Crippen LogP contribution in [0.1, 0.15) is 68.2 Å². The summed E-state index contributed by atoms with van der Waals surface area (Å²) in [5.41, 5.74) is 4.95. The van der Waals surface area contributed by atoms with Crippen LogP contribution in [-0.2, 0) is 12.8 Å². The maximum absolute atomic E-state index is 4.16. The average Bonchev–Trinajstić information content (AvgIpc) is 2.65. The summed E-state index contributed by atoms with van der Waals surface area (Å²) in [6.45, 7) is 4.45. The van der Waals surface area contributed by atoms with Crippen molar-refractivity contribution >= 4 is 12.4 Å². The van der Waals surface area contributed by atoms with E-state index in [1.54, 1.807) is 6.21 Å². The van der Waals surface area contributed by atoms with Gasteiger partial charge in [0, 0.05) is 0 Å². The molecule has 25 heavy (non-hydrogen) atoms. The minimum atomic E-state index is 1.08. The first-order chi connectivity index (χ1) is 12.3. The monoisotopic (exact) mass is 334 g/mol. The molecule has 132 valence electrons. The first-order valence-electron chi connectivity index (χ1n) is 9.56. The number of rotatable bonds is 10. The molecule has 0 aliphatic rings. The lowest BCUT2D eigenvalue weighted by Crippen LogP contribution is -1.88. The number of benzene rings is 2. The Kier molecular flexibility index (Phi) is 8.68. The number of nitrogens with zero attached hydrogens (tertiary/aromatic N) is 2. The molecule has 0 bridgehead atoms. The minimum absolute atomic E-state index is 1.08. The molecule has 2 aromatic rings. The third kappa shape index (κ3) is 7.47. The second-order valence-electron chi connectivity index (χ2n) is 6.53. The summed E-state index contributed by atoms with van der Waals surface area (Å²) >= 11 is 0. The smallest absolute Gasteiger partial charge is 0.0568 e. The van der Waals surface area contributed by atoms with E-state index in [9.17, 15) is 0 Å². The summed E-state index contributed by atoms with van der Waals surface area (Å²) < 4.78 is 0. The first kappa shape index (κ1) is 19.1. The van der Waals surface area contributed by atoms with Crippen LogP contribution in [0.25, 0.3) is 0 Å². The van der Waals surface area contributed by atoms with Crippen LogP contribution in [0.15, 0.2) is 58.7 Å². The Balaban J connectivity index is 1.80. The van der Waals surface area contributed by atoms with Crippen molar-refractivity contribution in [1.29, 1.82) is 0 Å². The molecule has 0 N–H and O–H groups in total. The molecule has 0 spiro atoms. The SMILES string of the molecule is CCCCCCc1ccc(/C=N/N=C/c2ccc(CCC)cc2)cc1. The maximum Gasteiger partial charge on any atom is 0.0568 e. The number of aryl methyl sites for hydroxylation is 2. The molecule has 2 rings (SSSR count). The molecular weight excluding hydrogens is 304 g/mol. The van der Waals surface area contributed by atoms with Crippen molar-refractivity contribution in [1.82, 2.24) is 0 Å². The van der Waals surface area contributed by atoms with Gasteiger partial charge in [0.25, 0.3) is 0 Å². The van der Waals surface area contributed by atoms with E-state index in [4.69, 9.17) is 0 Å². The molecular formula is C23H30N2. The van der Waals surface area contributed by atoms with Gasteiger partial charge in [0.1, 0.15) is 0 Å². The maximum atomic E-state index is 4.16. The molecule has 2 heteroatoms. The normalized spacial score (nSPS) is 11.6. The summed E-state index contributed by atoms with van der Waals surface area (Å²) in [6, 6.07) is 17.1. The van der Waals surface area contributed by atoms with E-state index in [-0.39, 0.29) is 0 Å². The summed E-state index contributed by atoms with van der Waals surface area (Å²) in [5.74, 6) is 0. The minimum Gasteiger partial charge on any atom is -0.159 e. The summed E-state index contributed by atoms with van der Waals surface area (Å²) in [7, 11) is 0. The molecule has 2 nitrogen and oxygen atoms in total. The van der Waals surface area contributed by atoms with Crippen LogP contribution in [-0.4, -0.2) is 12.4 Å². The molecule has 0 saturated carbocycles. The van der Waals surface area contributed by atoms with Crippen LogP contribution in [0, 0.1) is 0 Å². The molecule has 0 radical (unpaired) electrons. The van der Waals surface area contributed by atoms with Crippen molar-refractivity contribution in [3.8, 4) is 0 Å². The number of hydrogen-bond acceptors (Lipinski definition) is 2. The lowest BCUT2D eigenvalue weighted by atomic mass is 10.1. The van der Waals surface area contributed by atoms with Crippen molar-refractivity contribution in [3.63, 3.8) is 0 Å². The van der Waals surface area contributed by atoms with Gasteiger partial charge in [-0.3, -0.25) is 0 Å². The second-order valence-corrected chi connectivity index (χ2v) is 6.53. The van der Waals surface area contributed by atoms with E-state index in [0.717, 1.165) is 17.5 Å². The van der Waals surface area contributed by atoms with Crippen molar-refractivity contribution < 1.29 is 0 Å². The van der Waals surface area contributed by atoms with Crippen LogP contribution in [0.2, 0.25) is 0 Å². The average molecular weight is 335 g/mol. The van der Waals surface area contributed by atoms with Crippen molar-refractivity contribution in [3.05, 3.63) is 70.8 Å². The van der Waals surface area contributed by atoms with Crippen LogP contribution < -0.4 is 0 Å². The van der Waals surface area contributed by atoms with Crippen molar-refractivity contribution in [2.75, 3.05) is 0 Å². The molecule has 0 aliphatic heterocycles. The van der Waals surface area contributed by atoms with E-state index < -0.39 is 0 Å². The van der Waals surface area contributed by atoms with Crippen LogP contribution in [0.4, 0.5) is 0 Å². The zero-order valence-corrected chi connectivity index (χ0v) is 15.6. The Morgan fingerprint density at radius 1 is 0.600 bits per heavy atom. The third-order valence-corrected chi connectivity index (χ3v) is 4.30. The van der Waals surface area contributed by atoms with Gasteiger partial charge in [-0.15, -0.1) is 0 Å². The number of unbranched alkanes of at least 4 members (excludes halogenated alkanes) is 3. The Labute approximate surface area is 152 Å². The lowest BCUT2D eigenvalue weighted by Gasteiger charge is -2.01. The number of hydrogen-bond donors (Lipinski definition) is 0. The van der Waals surface area contributed by atoms with E-state index in [1.807, 2.05) is 6.21 Å². The topological polar surface area (TPSA) is 24.7 Å². The van der Waals surface area contributed by atoms with Gasteiger partial charge >= 0.3 is 0 Å². The van der Waals surface area contributed by atoms with Crippen molar-refractivity contribution in [2.24, 2.45) is 10.2 Å². The van der Waals surface area contributed by atoms with Gasteiger partial charge in [0.15, 0.2) is 0 Å². The van der Waals surface area contributed by atoms with Gasteiger partial charge in [-0.2, -0.15) is 10.2 Å². The fourth-order valence-electron chi connectivity index (χ4n) is 2.79. The molecule has 0 aliphatic carbocycles. The third-order valence-electron chi connectivity index (χ3n) is 4.30. The molecule has 2 aromatic carbocycles. The van der Waals surface area contributed by atoms with Gasteiger partial charge in [-0.1, -0.05) is 88.1 Å². The summed E-state index contributed by atoms with van der Waals surface area (Å²) in [4.78, 5) is 0. The second kappa shape index (κ2) is 11.4. The highest BCUT2D eigenvalue weighted by Gasteiger charge is 1.94. The van der Waals surface area contributed by atoms with E-state index in [2.05, 4.69) is 72.6 Å². The van der Waals surface area contributed by atoms with Crippen LogP contribution >= 0.6 is 0 Å². The summed E-state index contributed by atoms with van der Waals surface area (Å²) in [5, 5.41) is 8.31. The van der Waals surface area contributed by atoms with Crippen molar-refractivity contribution in [2.45, 2.75) is 58.8 Å². The van der Waals surface area contributed by atoms with E-state index in [1.165, 1.54) is 49.7 Å². The molecule has 0 saturated heterocycles. The van der Waals surface area contributed by atoms with E-state index >= 15 is 0 Å². The Hall–Kier alpha value is -2.22. The van der Waals surface area contributed by atoms with Gasteiger partial charge in [-0.25, -0.2) is 0 Å². The van der Waals surface area contributed by atoms with Gasteiger partial charge < -0.3 is 0 Å². The van der Waals surface area contributed by atoms with E-state index in [0.29, 0.717) is 0 Å². The quantitative estimate of drug-likeness (QED) is 0.280. The standard InChI is InChI=1S/C23H30N2/c1-3-5-6-7-9-21-12-16-23(17-13-21)19-25-24-18-22-14-10-20(8-4-2)11-15-22/h10-19H,3-9H2,1-2H3/b24-18+,25-19+. The summed E-state index contributed by atoms with van der Waals surface area (Å²) in [6.07, 6.45) is 12.3. The van der Waals surface area contributed by atoms with Gasteiger partial charge in [-0.05, 0) is 41.5 Å². The zero-order chi connectivity index (χ0) is 17.7. The lowest BCUT2D eigenvalue weighted by molar-refractivity contribution is 0.667. The fourth-order valence-corrected chi connectivity index (χ4v) is 2.79. The van der Waals surface area contributed by atoms with Crippen LogP contribution in [0.3, 0.4) is 0 Å². The molecule has 0 aromatic heterocycles. The molecule has 0 fully saturated rings. The first-order valence-corrected chi connectivity index (χ1v) is 9.56. The van der Waals surface area contributed by atoms with Gasteiger partial charge in [0.05, 0.1) is 12.4 Å². The molecule has 0 heterocycles. The predicted octanol–water partition coefficient (Wildman–Crippen LogP) is 6.21. The predicted molar refractivity (Wildman–Crippen MR) is 110 cm³/mol. The zero-order valence-electron chi connectivity index (χ0n) is 15.6. The highest BCUT2D eigenvalue weighted by Crippen LogP contribution is 2.09. The molecule has 0 amide bonds. The highest BCUT2D eigenvalue weighted by atomic mass is 15.2. The van der Waals surface area contributed by atoms with Gasteiger partial charge in [0.2, 0.25) is 0 Å².